The van der Waals surface area contributed by atoms with Crippen molar-refractivity contribution in [3.05, 3.63) is 0 Å². The summed E-state index contributed by atoms with van der Waals surface area (Å²) in [4.78, 5) is 59.7. The SMILES string of the molecule is CSCCC(NC(=O)C(CCSC)NC(=O)C(N)C(C)O)C(=O)NC(CC(=O)O)C(=O)O. The molecule has 12 nitrogen and oxygen atoms in total. The van der Waals surface area contributed by atoms with Crippen LogP contribution < -0.4 is 21.7 Å². The molecule has 32 heavy (non-hydrogen) atoms. The van der Waals surface area contributed by atoms with Gasteiger partial charge in [-0.2, -0.15) is 23.5 Å². The number of aliphatic hydroxyl groups excluding tert-OH is 1. The summed E-state index contributed by atoms with van der Waals surface area (Å²) in [5, 5.41) is 34.6. The lowest BCUT2D eigenvalue weighted by molar-refractivity contribution is -0.147. The summed E-state index contributed by atoms with van der Waals surface area (Å²) in [6.45, 7) is 1.33. The summed E-state index contributed by atoms with van der Waals surface area (Å²) in [5.41, 5.74) is 5.61. The molecule has 0 aliphatic carbocycles. The second kappa shape index (κ2) is 15.7. The predicted octanol–water partition coefficient (Wildman–Crippen LogP) is -1.79. The first kappa shape index (κ1) is 30.0. The first-order valence-corrected chi connectivity index (χ1v) is 12.5. The van der Waals surface area contributed by atoms with Gasteiger partial charge >= 0.3 is 11.9 Å². The van der Waals surface area contributed by atoms with Crippen molar-refractivity contribution in [2.75, 3.05) is 24.0 Å². The number of aliphatic hydroxyl groups is 1. The van der Waals surface area contributed by atoms with E-state index in [0.717, 1.165) is 0 Å². The Morgan fingerprint density at radius 2 is 1.22 bits per heavy atom. The highest BCUT2D eigenvalue weighted by Crippen LogP contribution is 2.06. The molecular weight excluding hydrogens is 464 g/mol. The molecule has 0 spiro atoms. The van der Waals surface area contributed by atoms with Gasteiger partial charge in [0, 0.05) is 0 Å². The number of carboxylic acids is 2. The van der Waals surface area contributed by atoms with E-state index in [9.17, 15) is 29.1 Å². The summed E-state index contributed by atoms with van der Waals surface area (Å²) < 4.78 is 0. The van der Waals surface area contributed by atoms with Crippen molar-refractivity contribution < 1.29 is 39.3 Å². The van der Waals surface area contributed by atoms with Crippen LogP contribution in [0.3, 0.4) is 0 Å². The highest BCUT2D eigenvalue weighted by molar-refractivity contribution is 7.98. The molecule has 0 aromatic rings. The van der Waals surface area contributed by atoms with Gasteiger partial charge in [0.05, 0.1) is 12.5 Å². The predicted molar refractivity (Wildman–Crippen MR) is 121 cm³/mol. The largest absolute Gasteiger partial charge is 0.481 e. The third kappa shape index (κ3) is 11.5. The van der Waals surface area contributed by atoms with Crippen LogP contribution in [0, 0.1) is 0 Å². The molecule has 184 valence electrons. The number of rotatable bonds is 16. The van der Waals surface area contributed by atoms with Crippen LogP contribution in [0.25, 0.3) is 0 Å². The van der Waals surface area contributed by atoms with Crippen molar-refractivity contribution in [1.29, 1.82) is 0 Å². The monoisotopic (exact) mass is 496 g/mol. The number of nitrogens with one attached hydrogen (secondary N) is 3. The van der Waals surface area contributed by atoms with Crippen LogP contribution in [0.1, 0.15) is 26.2 Å². The Morgan fingerprint density at radius 3 is 1.56 bits per heavy atom. The van der Waals surface area contributed by atoms with Gasteiger partial charge in [-0.05, 0) is 43.8 Å². The van der Waals surface area contributed by atoms with E-state index in [1.165, 1.54) is 30.4 Å². The molecule has 5 atom stereocenters. The number of hydrogen-bond donors (Lipinski definition) is 7. The summed E-state index contributed by atoms with van der Waals surface area (Å²) >= 11 is 2.82. The molecule has 0 rings (SSSR count). The zero-order chi connectivity index (χ0) is 24.8. The zero-order valence-corrected chi connectivity index (χ0v) is 19.8. The average molecular weight is 497 g/mol. The Kier molecular flexibility index (Phi) is 14.7. The van der Waals surface area contributed by atoms with E-state index < -0.39 is 66.4 Å². The first-order valence-electron chi connectivity index (χ1n) is 9.71. The van der Waals surface area contributed by atoms with Crippen LogP contribution in [0.5, 0.6) is 0 Å². The van der Waals surface area contributed by atoms with E-state index in [-0.39, 0.29) is 12.8 Å². The molecule has 14 heteroatoms. The first-order chi connectivity index (χ1) is 14.9. The van der Waals surface area contributed by atoms with E-state index in [4.69, 9.17) is 15.9 Å². The molecule has 0 radical (unpaired) electrons. The number of thioether (sulfide) groups is 2. The van der Waals surface area contributed by atoms with Crippen LogP contribution in [0.2, 0.25) is 0 Å². The Morgan fingerprint density at radius 1 is 0.812 bits per heavy atom. The summed E-state index contributed by atoms with van der Waals surface area (Å²) in [7, 11) is 0. The van der Waals surface area contributed by atoms with Crippen LogP contribution in [0.15, 0.2) is 0 Å². The van der Waals surface area contributed by atoms with Crippen LogP contribution in [0.4, 0.5) is 0 Å². The van der Waals surface area contributed by atoms with Gasteiger partial charge in [-0.1, -0.05) is 0 Å². The van der Waals surface area contributed by atoms with Gasteiger partial charge in [-0.25, -0.2) is 4.79 Å². The average Bonchev–Trinajstić information content (AvgIpc) is 2.71. The van der Waals surface area contributed by atoms with Gasteiger partial charge in [0.1, 0.15) is 24.2 Å². The van der Waals surface area contributed by atoms with Gasteiger partial charge in [-0.15, -0.1) is 0 Å². The van der Waals surface area contributed by atoms with Gasteiger partial charge in [0.15, 0.2) is 0 Å². The zero-order valence-electron chi connectivity index (χ0n) is 18.2. The van der Waals surface area contributed by atoms with Gasteiger partial charge in [0.25, 0.3) is 0 Å². The smallest absolute Gasteiger partial charge is 0.326 e. The second-order valence-corrected chi connectivity index (χ2v) is 8.92. The Hall–Kier alpha value is -2.03. The van der Waals surface area contributed by atoms with Crippen LogP contribution in [-0.4, -0.2) is 99.3 Å². The maximum absolute atomic E-state index is 12.8. The van der Waals surface area contributed by atoms with Crippen LogP contribution >= 0.6 is 23.5 Å². The standard InChI is InChI=1S/C18H32N4O8S2/c1-9(23)14(19)17(28)21-11(5-7-32-3)15(26)20-10(4-6-31-2)16(27)22-12(18(29)30)8-13(24)25/h9-12,14,23H,4-8,19H2,1-3H3,(H,20,26)(H,21,28)(H,22,27)(H,24,25)(H,29,30). The molecule has 0 fully saturated rings. The minimum Gasteiger partial charge on any atom is -0.481 e. The summed E-state index contributed by atoms with van der Waals surface area (Å²) in [6.07, 6.45) is 1.99. The molecule has 0 heterocycles. The molecule has 0 saturated carbocycles. The molecule has 0 aliphatic rings. The fourth-order valence-electron chi connectivity index (χ4n) is 2.42. The number of hydrogen-bond acceptors (Lipinski definition) is 9. The van der Waals surface area contributed by atoms with Crippen LogP contribution in [-0.2, 0) is 24.0 Å². The third-order valence-electron chi connectivity index (χ3n) is 4.30. The Bertz CT molecular complexity index is 665. The molecule has 0 saturated heterocycles. The number of aliphatic carboxylic acids is 2. The Labute approximate surface area is 194 Å². The molecule has 0 aromatic heterocycles. The molecule has 8 N–H and O–H groups in total. The maximum atomic E-state index is 12.8. The number of carboxylic acid groups (broad SMARTS) is 2. The van der Waals surface area contributed by atoms with Crippen molar-refractivity contribution in [2.45, 2.75) is 56.5 Å². The van der Waals surface area contributed by atoms with E-state index >= 15 is 0 Å². The molecule has 5 unspecified atom stereocenters. The number of carbonyl (C=O) groups is 5. The van der Waals surface area contributed by atoms with Crippen molar-refractivity contribution in [1.82, 2.24) is 16.0 Å². The highest BCUT2D eigenvalue weighted by Gasteiger charge is 2.31. The fourth-order valence-corrected chi connectivity index (χ4v) is 3.36. The Balaban J connectivity index is 5.44. The lowest BCUT2D eigenvalue weighted by atomic mass is 10.1. The van der Waals surface area contributed by atoms with E-state index in [1.54, 1.807) is 6.26 Å². The van der Waals surface area contributed by atoms with Crippen molar-refractivity contribution in [2.24, 2.45) is 5.73 Å². The minimum absolute atomic E-state index is 0.147. The summed E-state index contributed by atoms with van der Waals surface area (Å²) in [5.74, 6) is -4.25. The van der Waals surface area contributed by atoms with Gasteiger partial charge in [-0.3, -0.25) is 19.2 Å². The number of amides is 3. The molecule has 3 amide bonds. The molecular formula is C18H32N4O8S2. The summed E-state index contributed by atoms with van der Waals surface area (Å²) in [6, 6.07) is -5.10. The number of nitrogens with two attached hydrogens (primary N) is 1. The lowest BCUT2D eigenvalue weighted by Gasteiger charge is -2.25. The lowest BCUT2D eigenvalue weighted by Crippen LogP contribution is -2.58. The molecule has 0 aromatic carbocycles. The highest BCUT2D eigenvalue weighted by atomic mass is 32.2. The van der Waals surface area contributed by atoms with E-state index in [0.29, 0.717) is 11.5 Å². The van der Waals surface area contributed by atoms with E-state index in [2.05, 4.69) is 16.0 Å². The quantitative estimate of drug-likeness (QED) is 0.127. The molecule has 0 bridgehead atoms. The number of carbonyl (C=O) groups excluding carboxylic acids is 3. The third-order valence-corrected chi connectivity index (χ3v) is 5.59. The van der Waals surface area contributed by atoms with E-state index in [1.807, 2.05) is 6.26 Å². The topological polar surface area (TPSA) is 208 Å². The fraction of sp³-hybridized carbons (Fsp3) is 0.722. The normalized spacial score (nSPS) is 15.5. The second-order valence-electron chi connectivity index (χ2n) is 6.95. The van der Waals surface area contributed by atoms with Crippen molar-refractivity contribution >= 4 is 53.2 Å². The van der Waals surface area contributed by atoms with Gasteiger partial charge in [0.2, 0.25) is 17.7 Å². The minimum atomic E-state index is -1.66. The molecule has 0 aliphatic heterocycles. The van der Waals surface area contributed by atoms with Crippen molar-refractivity contribution in [3.8, 4) is 0 Å². The maximum Gasteiger partial charge on any atom is 0.326 e. The van der Waals surface area contributed by atoms with Gasteiger partial charge < -0.3 is 37.0 Å². The van der Waals surface area contributed by atoms with Crippen molar-refractivity contribution in [3.63, 3.8) is 0 Å².